The fraction of sp³-hybridized carbons (Fsp3) is 0.364. The number of carbonyl (C=O) groups excluding carboxylic acids is 2. The van der Waals surface area contributed by atoms with Gasteiger partial charge in [-0.15, -0.1) is 0 Å². The van der Waals surface area contributed by atoms with Gasteiger partial charge in [-0.25, -0.2) is 0 Å². The molecular weight excluding hydrogens is 328 g/mol. The van der Waals surface area contributed by atoms with E-state index in [0.29, 0.717) is 6.42 Å². The summed E-state index contributed by atoms with van der Waals surface area (Å²) in [5, 5.41) is 0. The molecule has 2 aromatic rings. The van der Waals surface area contributed by atoms with E-state index < -0.39 is 17.3 Å². The van der Waals surface area contributed by atoms with Crippen molar-refractivity contribution < 1.29 is 19.1 Å². The zero-order chi connectivity index (χ0) is 18.7. The molecule has 1 atom stereocenters. The number of carbonyl (C=O) groups is 2. The number of benzene rings is 2. The molecule has 1 unspecified atom stereocenters. The molecule has 4 nitrogen and oxygen atoms in total. The van der Waals surface area contributed by atoms with E-state index in [1.54, 1.807) is 13.8 Å². The first-order chi connectivity index (χ1) is 12.6. The zero-order valence-corrected chi connectivity index (χ0v) is 15.5. The second kappa shape index (κ2) is 7.32. The van der Waals surface area contributed by atoms with E-state index in [2.05, 4.69) is 0 Å². The van der Waals surface area contributed by atoms with Crippen molar-refractivity contribution in [2.75, 3.05) is 13.2 Å². The summed E-state index contributed by atoms with van der Waals surface area (Å²) in [6.45, 7) is 6.00. The molecule has 0 saturated heterocycles. The minimum absolute atomic E-state index is 0.254. The lowest BCUT2D eigenvalue weighted by Crippen LogP contribution is -2.47. The van der Waals surface area contributed by atoms with Gasteiger partial charge < -0.3 is 9.47 Å². The summed E-state index contributed by atoms with van der Waals surface area (Å²) >= 11 is 0. The van der Waals surface area contributed by atoms with E-state index in [1.807, 2.05) is 55.5 Å². The molecule has 0 aromatic heterocycles. The minimum atomic E-state index is -1.18. The Balaban J connectivity index is 2.34. The summed E-state index contributed by atoms with van der Waals surface area (Å²) < 4.78 is 10.9. The normalized spacial score (nSPS) is 14.9. The van der Waals surface area contributed by atoms with Gasteiger partial charge in [-0.2, -0.15) is 0 Å². The first-order valence-electron chi connectivity index (χ1n) is 9.16. The molecule has 3 rings (SSSR count). The highest BCUT2D eigenvalue weighted by molar-refractivity contribution is 6.02. The molecule has 26 heavy (non-hydrogen) atoms. The predicted octanol–water partition coefficient (Wildman–Crippen LogP) is 4.11. The molecule has 136 valence electrons. The van der Waals surface area contributed by atoms with Gasteiger partial charge in [0.15, 0.2) is 0 Å². The summed E-state index contributed by atoms with van der Waals surface area (Å²) in [6, 6.07) is 15.5. The zero-order valence-electron chi connectivity index (χ0n) is 15.5. The van der Waals surface area contributed by atoms with Crippen LogP contribution < -0.4 is 0 Å². The first kappa shape index (κ1) is 18.2. The van der Waals surface area contributed by atoms with Gasteiger partial charge in [0, 0.05) is 0 Å². The van der Waals surface area contributed by atoms with Gasteiger partial charge in [-0.3, -0.25) is 9.59 Å². The summed E-state index contributed by atoms with van der Waals surface area (Å²) in [5.41, 5.74) is 2.40. The van der Waals surface area contributed by atoms with Crippen molar-refractivity contribution in [1.82, 2.24) is 0 Å². The smallest absolute Gasteiger partial charge is 0.322 e. The maximum atomic E-state index is 13.4. The Morgan fingerprint density at radius 2 is 1.35 bits per heavy atom. The highest BCUT2D eigenvalue weighted by Gasteiger charge is 2.57. The van der Waals surface area contributed by atoms with E-state index >= 15 is 0 Å². The average Bonchev–Trinajstić information content (AvgIpc) is 2.95. The van der Waals surface area contributed by atoms with Gasteiger partial charge in [-0.1, -0.05) is 55.5 Å². The average molecular weight is 352 g/mol. The van der Waals surface area contributed by atoms with Gasteiger partial charge in [0.1, 0.15) is 5.41 Å². The third-order valence-corrected chi connectivity index (χ3v) is 5.09. The topological polar surface area (TPSA) is 52.6 Å². The summed E-state index contributed by atoms with van der Waals surface area (Å²) in [6.07, 6.45) is 0.473. The van der Waals surface area contributed by atoms with E-state index in [0.717, 1.165) is 22.3 Å². The number of fused-ring (bicyclic) bond motifs is 3. The Morgan fingerprint density at radius 3 is 1.81 bits per heavy atom. The third-order valence-electron chi connectivity index (χ3n) is 5.09. The Kier molecular flexibility index (Phi) is 5.12. The van der Waals surface area contributed by atoms with E-state index in [1.165, 1.54) is 0 Å². The number of rotatable bonds is 6. The van der Waals surface area contributed by atoms with Crippen molar-refractivity contribution in [1.29, 1.82) is 0 Å². The predicted molar refractivity (Wildman–Crippen MR) is 99.7 cm³/mol. The fourth-order valence-corrected chi connectivity index (χ4v) is 4.14. The number of hydrogen-bond donors (Lipinski definition) is 0. The molecule has 0 bridgehead atoms. The molecule has 0 aliphatic heterocycles. The standard InChI is InChI=1S/C22H24O4/c1-4-17(20(23)25-5-2)22(21(24)26-6-3)18-13-9-7-11-15(18)16-12-8-10-14-19(16)22/h7-14,17H,4-6H2,1-3H3. The molecule has 0 heterocycles. The summed E-state index contributed by atoms with van der Waals surface area (Å²) in [4.78, 5) is 26.2. The van der Waals surface area contributed by atoms with Crippen LogP contribution in [0.2, 0.25) is 0 Å². The highest BCUT2D eigenvalue weighted by atomic mass is 16.5. The van der Waals surface area contributed by atoms with Gasteiger partial charge >= 0.3 is 11.9 Å². The van der Waals surface area contributed by atoms with Crippen LogP contribution in [0, 0.1) is 5.92 Å². The quantitative estimate of drug-likeness (QED) is 0.734. The molecule has 4 heteroatoms. The number of ether oxygens (including phenoxy) is 2. The number of hydrogen-bond acceptors (Lipinski definition) is 4. The van der Waals surface area contributed by atoms with Crippen LogP contribution in [-0.2, 0) is 24.5 Å². The molecule has 0 fully saturated rings. The third kappa shape index (κ3) is 2.52. The molecule has 1 aliphatic carbocycles. The molecule has 0 radical (unpaired) electrons. The van der Waals surface area contributed by atoms with Crippen LogP contribution in [0.15, 0.2) is 48.5 Å². The molecule has 0 N–H and O–H groups in total. The Labute approximate surface area is 154 Å². The van der Waals surface area contributed by atoms with Crippen molar-refractivity contribution in [2.24, 2.45) is 5.92 Å². The van der Waals surface area contributed by atoms with Gasteiger partial charge in [0.2, 0.25) is 0 Å². The Bertz CT molecular complexity index is 779. The second-order valence-electron chi connectivity index (χ2n) is 6.33. The monoisotopic (exact) mass is 352 g/mol. The lowest BCUT2D eigenvalue weighted by atomic mass is 9.67. The van der Waals surface area contributed by atoms with Crippen molar-refractivity contribution in [3.05, 3.63) is 59.7 Å². The van der Waals surface area contributed by atoms with Crippen LogP contribution >= 0.6 is 0 Å². The largest absolute Gasteiger partial charge is 0.466 e. The Hall–Kier alpha value is -2.62. The van der Waals surface area contributed by atoms with E-state index in [-0.39, 0.29) is 19.2 Å². The van der Waals surface area contributed by atoms with Crippen LogP contribution in [-0.4, -0.2) is 25.2 Å². The molecule has 0 amide bonds. The lowest BCUT2D eigenvalue weighted by molar-refractivity contribution is -0.161. The highest BCUT2D eigenvalue weighted by Crippen LogP contribution is 2.54. The second-order valence-corrected chi connectivity index (χ2v) is 6.33. The Morgan fingerprint density at radius 1 is 0.846 bits per heavy atom. The van der Waals surface area contributed by atoms with Crippen molar-refractivity contribution in [3.63, 3.8) is 0 Å². The summed E-state index contributed by atoms with van der Waals surface area (Å²) in [5.74, 6) is -1.40. The van der Waals surface area contributed by atoms with Gasteiger partial charge in [-0.05, 0) is 42.5 Å². The van der Waals surface area contributed by atoms with Crippen molar-refractivity contribution in [3.8, 4) is 11.1 Å². The molecule has 0 spiro atoms. The van der Waals surface area contributed by atoms with Gasteiger partial charge in [0.25, 0.3) is 0 Å². The lowest BCUT2D eigenvalue weighted by Gasteiger charge is -2.35. The van der Waals surface area contributed by atoms with Crippen LogP contribution in [0.3, 0.4) is 0 Å². The first-order valence-corrected chi connectivity index (χ1v) is 9.16. The van der Waals surface area contributed by atoms with Crippen LogP contribution in [0.25, 0.3) is 11.1 Å². The number of esters is 2. The van der Waals surface area contributed by atoms with Gasteiger partial charge in [0.05, 0.1) is 19.1 Å². The summed E-state index contributed by atoms with van der Waals surface area (Å²) in [7, 11) is 0. The van der Waals surface area contributed by atoms with Crippen molar-refractivity contribution >= 4 is 11.9 Å². The maximum absolute atomic E-state index is 13.4. The van der Waals surface area contributed by atoms with Crippen LogP contribution in [0.5, 0.6) is 0 Å². The van der Waals surface area contributed by atoms with Crippen LogP contribution in [0.1, 0.15) is 38.3 Å². The maximum Gasteiger partial charge on any atom is 0.322 e. The minimum Gasteiger partial charge on any atom is -0.466 e. The van der Waals surface area contributed by atoms with E-state index in [4.69, 9.17) is 9.47 Å². The SMILES string of the molecule is CCOC(=O)C(CC)C1(C(=O)OCC)c2ccccc2-c2ccccc21. The molecular formula is C22H24O4. The molecule has 0 saturated carbocycles. The van der Waals surface area contributed by atoms with Crippen molar-refractivity contribution in [2.45, 2.75) is 32.6 Å². The fourth-order valence-electron chi connectivity index (χ4n) is 4.14. The molecule has 2 aromatic carbocycles. The van der Waals surface area contributed by atoms with Crippen LogP contribution in [0.4, 0.5) is 0 Å². The van der Waals surface area contributed by atoms with E-state index in [9.17, 15) is 9.59 Å². The molecule has 1 aliphatic rings.